The van der Waals surface area contributed by atoms with E-state index in [0.717, 1.165) is 5.56 Å². The molecule has 0 aliphatic carbocycles. The molecule has 4 heterocycles. The number of halogens is 2. The maximum atomic E-state index is 13.4. The van der Waals surface area contributed by atoms with Crippen LogP contribution in [0.15, 0.2) is 49.1 Å². The normalized spacial score (nSPS) is 18.0. The van der Waals surface area contributed by atoms with Gasteiger partial charge in [0, 0.05) is 62.5 Å². The molecule has 2 N–H and O–H groups in total. The molecule has 0 radical (unpaired) electrons. The lowest BCUT2D eigenvalue weighted by atomic mass is 9.92. The molecular formula is C22H23F2N5O2. The van der Waals surface area contributed by atoms with Gasteiger partial charge in [-0.2, -0.15) is 0 Å². The zero-order valence-corrected chi connectivity index (χ0v) is 17.1. The van der Waals surface area contributed by atoms with Gasteiger partial charge >= 0.3 is 0 Å². The summed E-state index contributed by atoms with van der Waals surface area (Å²) in [4.78, 5) is 35.1. The van der Waals surface area contributed by atoms with Crippen LogP contribution in [0.25, 0.3) is 11.0 Å². The first-order valence-corrected chi connectivity index (χ1v) is 10.0. The number of likely N-dealkylation sites (tertiary alicyclic amines) is 1. The van der Waals surface area contributed by atoms with Crippen LogP contribution >= 0.6 is 0 Å². The third-order valence-corrected chi connectivity index (χ3v) is 5.89. The SMILES string of the molecule is CC(Cc1cccnc1)(C(N)=O)n1ccc2cc(C(=O)N3CCC(F)(F)CC3)cnc21. The van der Waals surface area contributed by atoms with Gasteiger partial charge in [0.2, 0.25) is 5.91 Å². The standard InChI is InChI=1S/C22H23F2N5O2/c1-21(20(25)31,12-15-3-2-7-26-13-15)29-8-4-16-11-17(14-27-18(16)29)19(30)28-9-5-22(23,24)6-10-28/h2-4,7-8,11,13-14H,5-6,9-10,12H2,1H3,(H2,25,31). The lowest BCUT2D eigenvalue weighted by Gasteiger charge is -2.31. The van der Waals surface area contributed by atoms with Gasteiger partial charge in [0.1, 0.15) is 11.2 Å². The van der Waals surface area contributed by atoms with Gasteiger partial charge in [-0.3, -0.25) is 14.6 Å². The molecular weight excluding hydrogens is 404 g/mol. The van der Waals surface area contributed by atoms with E-state index in [1.165, 1.54) is 11.1 Å². The molecule has 1 aliphatic rings. The van der Waals surface area contributed by atoms with E-state index in [1.807, 2.05) is 6.07 Å². The lowest BCUT2D eigenvalue weighted by molar-refractivity contribution is -0.125. The van der Waals surface area contributed by atoms with Crippen LogP contribution < -0.4 is 5.73 Å². The monoisotopic (exact) mass is 427 g/mol. The fourth-order valence-electron chi connectivity index (χ4n) is 3.95. The predicted molar refractivity (Wildman–Crippen MR) is 111 cm³/mol. The van der Waals surface area contributed by atoms with E-state index >= 15 is 0 Å². The summed E-state index contributed by atoms with van der Waals surface area (Å²) in [6.07, 6.45) is 6.11. The Balaban J connectivity index is 1.63. The van der Waals surface area contributed by atoms with Crippen molar-refractivity contribution in [1.82, 2.24) is 19.4 Å². The lowest BCUT2D eigenvalue weighted by Crippen LogP contribution is -2.45. The molecule has 1 atom stereocenters. The summed E-state index contributed by atoms with van der Waals surface area (Å²) in [5.41, 5.74) is 6.35. The molecule has 0 aromatic carbocycles. The van der Waals surface area contributed by atoms with Crippen molar-refractivity contribution in [3.05, 3.63) is 60.2 Å². The first-order valence-electron chi connectivity index (χ1n) is 10.0. The first kappa shape index (κ1) is 20.9. The van der Waals surface area contributed by atoms with Crippen LogP contribution in [0.4, 0.5) is 8.78 Å². The van der Waals surface area contributed by atoms with Crippen molar-refractivity contribution in [2.24, 2.45) is 5.73 Å². The highest BCUT2D eigenvalue weighted by atomic mass is 19.3. The van der Waals surface area contributed by atoms with Gasteiger partial charge in [-0.1, -0.05) is 6.07 Å². The highest BCUT2D eigenvalue weighted by molar-refractivity contribution is 5.97. The Bertz CT molecular complexity index is 1120. The van der Waals surface area contributed by atoms with E-state index in [9.17, 15) is 18.4 Å². The van der Waals surface area contributed by atoms with Gasteiger partial charge in [-0.25, -0.2) is 13.8 Å². The Morgan fingerprint density at radius 1 is 1.23 bits per heavy atom. The third kappa shape index (κ3) is 3.99. The van der Waals surface area contributed by atoms with Crippen LogP contribution in [0.1, 0.15) is 35.7 Å². The molecule has 3 aromatic heterocycles. The van der Waals surface area contributed by atoms with Gasteiger partial charge in [-0.15, -0.1) is 0 Å². The minimum absolute atomic E-state index is 0.00966. The quantitative estimate of drug-likeness (QED) is 0.678. The molecule has 1 saturated heterocycles. The average molecular weight is 427 g/mol. The first-order chi connectivity index (χ1) is 14.7. The van der Waals surface area contributed by atoms with Crippen LogP contribution in [0.2, 0.25) is 0 Å². The Morgan fingerprint density at radius 2 is 1.97 bits per heavy atom. The fraction of sp³-hybridized carbons (Fsp3) is 0.364. The molecule has 31 heavy (non-hydrogen) atoms. The molecule has 9 heteroatoms. The summed E-state index contributed by atoms with van der Waals surface area (Å²) in [5.74, 6) is -3.57. The molecule has 7 nitrogen and oxygen atoms in total. The number of primary amides is 1. The summed E-state index contributed by atoms with van der Waals surface area (Å²) in [7, 11) is 0. The fourth-order valence-corrected chi connectivity index (χ4v) is 3.95. The van der Waals surface area contributed by atoms with Gasteiger partial charge in [-0.05, 0) is 30.7 Å². The van der Waals surface area contributed by atoms with Crippen molar-refractivity contribution in [2.45, 2.75) is 37.6 Å². The summed E-state index contributed by atoms with van der Waals surface area (Å²) >= 11 is 0. The number of rotatable bonds is 5. The van der Waals surface area contributed by atoms with E-state index < -0.39 is 17.4 Å². The minimum atomic E-state index is -2.72. The summed E-state index contributed by atoms with van der Waals surface area (Å²) in [6.45, 7) is 1.75. The molecule has 0 saturated carbocycles. The van der Waals surface area contributed by atoms with Crippen LogP contribution in [0, 0.1) is 0 Å². The molecule has 0 spiro atoms. The molecule has 3 aromatic rings. The molecule has 1 unspecified atom stereocenters. The highest BCUT2D eigenvalue weighted by Gasteiger charge is 2.37. The van der Waals surface area contributed by atoms with E-state index in [0.29, 0.717) is 23.0 Å². The second kappa shape index (κ2) is 7.72. The Hall–Kier alpha value is -3.36. The predicted octanol–water partition coefficient (Wildman–Crippen LogP) is 2.75. The van der Waals surface area contributed by atoms with Gasteiger partial charge < -0.3 is 15.2 Å². The van der Waals surface area contributed by atoms with Crippen LogP contribution in [0.3, 0.4) is 0 Å². The average Bonchev–Trinajstić information content (AvgIpc) is 3.17. The summed E-state index contributed by atoms with van der Waals surface area (Å²) in [6, 6.07) is 7.08. The van der Waals surface area contributed by atoms with Crippen LogP contribution in [-0.4, -0.2) is 50.3 Å². The van der Waals surface area contributed by atoms with Crippen LogP contribution in [0.5, 0.6) is 0 Å². The molecule has 1 aliphatic heterocycles. The maximum absolute atomic E-state index is 13.4. The zero-order valence-electron chi connectivity index (χ0n) is 17.1. The number of carbonyl (C=O) groups excluding carboxylic acids is 2. The number of amides is 2. The summed E-state index contributed by atoms with van der Waals surface area (Å²) in [5, 5.41) is 0.659. The number of fused-ring (bicyclic) bond motifs is 1. The second-order valence-corrected chi connectivity index (χ2v) is 8.15. The molecule has 4 rings (SSSR count). The van der Waals surface area contributed by atoms with Crippen molar-refractivity contribution >= 4 is 22.8 Å². The number of nitrogens with zero attached hydrogens (tertiary/aromatic N) is 4. The number of piperidine rings is 1. The molecule has 162 valence electrons. The third-order valence-electron chi connectivity index (χ3n) is 5.89. The van der Waals surface area contributed by atoms with Gasteiger partial charge in [0.15, 0.2) is 0 Å². The Kier molecular flexibility index (Phi) is 5.20. The number of hydrogen-bond acceptors (Lipinski definition) is 4. The van der Waals surface area contributed by atoms with Crippen molar-refractivity contribution in [3.8, 4) is 0 Å². The number of alkyl halides is 2. The van der Waals surface area contributed by atoms with E-state index in [4.69, 9.17) is 5.73 Å². The number of hydrogen-bond donors (Lipinski definition) is 1. The molecule has 0 bridgehead atoms. The molecule has 2 amide bonds. The van der Waals surface area contributed by atoms with E-state index in [1.54, 1.807) is 48.3 Å². The zero-order chi connectivity index (χ0) is 22.2. The number of carbonyl (C=O) groups is 2. The maximum Gasteiger partial charge on any atom is 0.255 e. The van der Waals surface area contributed by atoms with Crippen molar-refractivity contribution < 1.29 is 18.4 Å². The summed E-state index contributed by atoms with van der Waals surface area (Å²) < 4.78 is 28.5. The van der Waals surface area contributed by atoms with Gasteiger partial charge in [0.25, 0.3) is 11.8 Å². The highest BCUT2D eigenvalue weighted by Crippen LogP contribution is 2.30. The Morgan fingerprint density at radius 3 is 2.61 bits per heavy atom. The van der Waals surface area contributed by atoms with Crippen LogP contribution in [-0.2, 0) is 16.8 Å². The van der Waals surface area contributed by atoms with Crippen molar-refractivity contribution in [1.29, 1.82) is 0 Å². The van der Waals surface area contributed by atoms with E-state index in [-0.39, 0.29) is 31.8 Å². The van der Waals surface area contributed by atoms with Gasteiger partial charge in [0.05, 0.1) is 5.56 Å². The molecule has 1 fully saturated rings. The number of pyridine rings is 2. The largest absolute Gasteiger partial charge is 0.368 e. The van der Waals surface area contributed by atoms with Crippen molar-refractivity contribution in [3.63, 3.8) is 0 Å². The smallest absolute Gasteiger partial charge is 0.255 e. The Labute approximate surface area is 177 Å². The minimum Gasteiger partial charge on any atom is -0.368 e. The van der Waals surface area contributed by atoms with Crippen molar-refractivity contribution in [2.75, 3.05) is 13.1 Å². The second-order valence-electron chi connectivity index (χ2n) is 8.15. The number of nitrogens with two attached hydrogens (primary N) is 1. The van der Waals surface area contributed by atoms with E-state index in [2.05, 4.69) is 9.97 Å². The topological polar surface area (TPSA) is 94.1 Å². The number of aromatic nitrogens is 3.